The maximum Gasteiger partial charge on any atom is 0.253 e. The lowest BCUT2D eigenvalue weighted by molar-refractivity contribution is 0.0932. The number of thiophene rings is 1. The van der Waals surface area contributed by atoms with E-state index in [0.717, 1.165) is 61.0 Å². The highest BCUT2D eigenvalue weighted by Crippen LogP contribution is 2.30. The van der Waals surface area contributed by atoms with Gasteiger partial charge in [0.1, 0.15) is 11.6 Å². The minimum atomic E-state index is -0.105. The Labute approximate surface area is 174 Å². The Hall–Kier alpha value is -2.45. The molecule has 1 aliphatic rings. The molecule has 0 saturated carbocycles. The lowest BCUT2D eigenvalue weighted by Gasteiger charge is -2.27. The van der Waals surface area contributed by atoms with E-state index >= 15 is 0 Å². The van der Waals surface area contributed by atoms with Crippen LogP contribution in [0.3, 0.4) is 0 Å². The van der Waals surface area contributed by atoms with Crippen molar-refractivity contribution in [3.63, 3.8) is 0 Å². The van der Waals surface area contributed by atoms with Crippen LogP contribution in [0.15, 0.2) is 16.1 Å². The summed E-state index contributed by atoms with van der Waals surface area (Å²) in [4.78, 5) is 24.3. The van der Waals surface area contributed by atoms with Crippen molar-refractivity contribution in [1.82, 2.24) is 25.3 Å². The Bertz CT molecular complexity index is 999. The van der Waals surface area contributed by atoms with Crippen molar-refractivity contribution in [2.75, 3.05) is 6.54 Å². The van der Waals surface area contributed by atoms with E-state index in [-0.39, 0.29) is 11.9 Å². The number of hydrogen-bond donors (Lipinski definition) is 2. The molecule has 0 radical (unpaired) electrons. The number of imidazole rings is 1. The van der Waals surface area contributed by atoms with Crippen molar-refractivity contribution in [2.24, 2.45) is 0 Å². The summed E-state index contributed by atoms with van der Waals surface area (Å²) < 4.78 is 5.29. The van der Waals surface area contributed by atoms with Gasteiger partial charge in [-0.05, 0) is 39.2 Å². The first kappa shape index (κ1) is 19.8. The van der Waals surface area contributed by atoms with Crippen LogP contribution in [0.4, 0.5) is 0 Å². The molecular weight excluding hydrogens is 386 g/mol. The van der Waals surface area contributed by atoms with Crippen LogP contribution in [0.2, 0.25) is 0 Å². The number of amides is 1. The molecule has 3 aromatic rings. The molecule has 0 fully saturated rings. The van der Waals surface area contributed by atoms with Gasteiger partial charge in [0, 0.05) is 47.3 Å². The van der Waals surface area contributed by atoms with Gasteiger partial charge in [0.05, 0.1) is 17.3 Å². The van der Waals surface area contributed by atoms with Gasteiger partial charge >= 0.3 is 0 Å². The fourth-order valence-corrected chi connectivity index (χ4v) is 4.99. The van der Waals surface area contributed by atoms with Gasteiger partial charge in [-0.15, -0.1) is 11.3 Å². The average Bonchev–Trinajstić information content (AvgIpc) is 3.41. The number of nitrogens with one attached hydrogen (secondary N) is 2. The summed E-state index contributed by atoms with van der Waals surface area (Å²) in [5.41, 5.74) is 5.12. The number of hydrogen-bond acceptors (Lipinski definition) is 6. The van der Waals surface area contributed by atoms with E-state index in [9.17, 15) is 4.79 Å². The van der Waals surface area contributed by atoms with Gasteiger partial charge in [-0.1, -0.05) is 12.1 Å². The summed E-state index contributed by atoms with van der Waals surface area (Å²) in [5, 5.41) is 9.21. The molecule has 1 atom stereocenters. The Morgan fingerprint density at radius 2 is 2.24 bits per heavy atom. The fraction of sp³-hybridized carbons (Fsp3) is 0.476. The molecule has 7 nitrogen and oxygen atoms in total. The van der Waals surface area contributed by atoms with E-state index in [2.05, 4.69) is 32.3 Å². The minimum Gasteiger partial charge on any atom is -0.361 e. The highest BCUT2D eigenvalue weighted by molar-refractivity contribution is 7.10. The van der Waals surface area contributed by atoms with Crippen molar-refractivity contribution < 1.29 is 9.32 Å². The van der Waals surface area contributed by atoms with Gasteiger partial charge in [-0.3, -0.25) is 9.69 Å². The summed E-state index contributed by atoms with van der Waals surface area (Å²) in [6.45, 7) is 10.6. The number of aromatic amines is 1. The summed E-state index contributed by atoms with van der Waals surface area (Å²) >= 11 is 1.67. The standard InChI is InChI=1S/C21H27N5O2S/c1-5-18(20-22-8-12(2)23-20)24-21(27)17-11-29-19-10-26(7-6-15(17)19)9-16-13(3)25-28-14(16)4/h8,11,18H,5-7,9-10H2,1-4H3,(H,22,23)(H,24,27)/t18-/m1/s1. The van der Waals surface area contributed by atoms with Crippen LogP contribution in [-0.4, -0.2) is 32.5 Å². The molecule has 154 valence electrons. The topological polar surface area (TPSA) is 87.1 Å². The van der Waals surface area contributed by atoms with Crippen molar-refractivity contribution in [2.45, 2.75) is 59.7 Å². The van der Waals surface area contributed by atoms with Gasteiger partial charge in [0.15, 0.2) is 0 Å². The minimum absolute atomic E-state index is 0.0115. The smallest absolute Gasteiger partial charge is 0.253 e. The van der Waals surface area contributed by atoms with Crippen LogP contribution in [0, 0.1) is 20.8 Å². The first-order valence-corrected chi connectivity index (χ1v) is 10.9. The number of rotatable bonds is 6. The van der Waals surface area contributed by atoms with Gasteiger partial charge in [-0.25, -0.2) is 4.98 Å². The third kappa shape index (κ3) is 4.00. The van der Waals surface area contributed by atoms with Crippen LogP contribution >= 0.6 is 11.3 Å². The molecule has 4 heterocycles. The van der Waals surface area contributed by atoms with Crippen molar-refractivity contribution in [1.29, 1.82) is 0 Å². The van der Waals surface area contributed by atoms with Gasteiger partial charge < -0.3 is 14.8 Å². The number of carbonyl (C=O) groups is 1. The summed E-state index contributed by atoms with van der Waals surface area (Å²) in [5.74, 6) is 1.69. The van der Waals surface area contributed by atoms with Crippen LogP contribution in [0.1, 0.15) is 68.7 Å². The second-order valence-corrected chi connectivity index (χ2v) is 8.66. The van der Waals surface area contributed by atoms with E-state index in [1.54, 1.807) is 17.5 Å². The second kappa shape index (κ2) is 8.12. The highest BCUT2D eigenvalue weighted by atomic mass is 32.1. The van der Waals surface area contributed by atoms with Crippen LogP contribution < -0.4 is 5.32 Å². The second-order valence-electron chi connectivity index (χ2n) is 7.70. The molecule has 0 aliphatic carbocycles. The van der Waals surface area contributed by atoms with E-state index in [4.69, 9.17) is 4.52 Å². The van der Waals surface area contributed by atoms with Gasteiger partial charge in [0.25, 0.3) is 5.91 Å². The number of carbonyl (C=O) groups excluding carboxylic acids is 1. The van der Waals surface area contributed by atoms with E-state index in [0.29, 0.717) is 0 Å². The summed E-state index contributed by atoms with van der Waals surface area (Å²) in [6, 6.07) is -0.105. The fourth-order valence-electron chi connectivity index (χ4n) is 3.87. The maximum absolute atomic E-state index is 13.0. The van der Waals surface area contributed by atoms with Crippen LogP contribution in [0.5, 0.6) is 0 Å². The number of aromatic nitrogens is 3. The summed E-state index contributed by atoms with van der Waals surface area (Å²) in [6.07, 6.45) is 3.46. The first-order valence-electron chi connectivity index (χ1n) is 10.0. The molecule has 1 amide bonds. The molecular formula is C21H27N5O2S. The van der Waals surface area contributed by atoms with Crippen LogP contribution in [0.25, 0.3) is 0 Å². The molecule has 0 spiro atoms. The molecule has 0 saturated heterocycles. The average molecular weight is 414 g/mol. The number of aryl methyl sites for hydroxylation is 3. The molecule has 2 N–H and O–H groups in total. The lowest BCUT2D eigenvalue weighted by atomic mass is 10.0. The molecule has 0 aromatic carbocycles. The Morgan fingerprint density at radius 3 is 2.90 bits per heavy atom. The zero-order chi connectivity index (χ0) is 20.5. The lowest BCUT2D eigenvalue weighted by Crippen LogP contribution is -2.32. The predicted molar refractivity (Wildman–Crippen MR) is 112 cm³/mol. The molecule has 1 aliphatic heterocycles. The molecule has 8 heteroatoms. The van der Waals surface area contributed by atoms with Crippen molar-refractivity contribution in [3.8, 4) is 0 Å². The van der Waals surface area contributed by atoms with Crippen molar-refractivity contribution in [3.05, 3.63) is 56.1 Å². The summed E-state index contributed by atoms with van der Waals surface area (Å²) in [7, 11) is 0. The third-order valence-electron chi connectivity index (χ3n) is 5.60. The SMILES string of the molecule is CC[C@@H](NC(=O)c1csc2c1CCN(Cc1c(C)noc1C)C2)c1ncc(C)[nH]1. The number of fused-ring (bicyclic) bond motifs is 1. The van der Waals surface area contributed by atoms with Crippen molar-refractivity contribution >= 4 is 17.2 Å². The number of H-pyrrole nitrogens is 1. The molecule has 29 heavy (non-hydrogen) atoms. The zero-order valence-electron chi connectivity index (χ0n) is 17.3. The maximum atomic E-state index is 13.0. The number of nitrogens with zero attached hydrogens (tertiary/aromatic N) is 3. The van der Waals surface area contributed by atoms with E-state index < -0.39 is 0 Å². The van der Waals surface area contributed by atoms with Gasteiger partial charge in [-0.2, -0.15) is 0 Å². The Morgan fingerprint density at radius 1 is 1.41 bits per heavy atom. The first-order chi connectivity index (χ1) is 14.0. The highest BCUT2D eigenvalue weighted by Gasteiger charge is 2.26. The Balaban J connectivity index is 1.45. The van der Waals surface area contributed by atoms with Crippen LogP contribution in [-0.2, 0) is 19.5 Å². The molecule has 0 bridgehead atoms. The Kier molecular flexibility index (Phi) is 5.56. The molecule has 0 unspecified atom stereocenters. The zero-order valence-corrected chi connectivity index (χ0v) is 18.2. The molecule has 4 rings (SSSR count). The third-order valence-corrected chi connectivity index (χ3v) is 6.61. The van der Waals surface area contributed by atoms with E-state index in [1.807, 2.05) is 26.2 Å². The normalized spacial score (nSPS) is 15.3. The largest absolute Gasteiger partial charge is 0.361 e. The van der Waals surface area contributed by atoms with Gasteiger partial charge in [0.2, 0.25) is 0 Å². The quantitative estimate of drug-likeness (QED) is 0.641. The predicted octanol–water partition coefficient (Wildman–Crippen LogP) is 3.82. The van der Waals surface area contributed by atoms with E-state index in [1.165, 1.54) is 16.0 Å². The molecule has 3 aromatic heterocycles. The monoisotopic (exact) mass is 413 g/mol.